The minimum Gasteiger partial charge on any atom is -0.401 e. The summed E-state index contributed by atoms with van der Waals surface area (Å²) in [5.74, 6) is 0. The van der Waals surface area contributed by atoms with Crippen LogP contribution in [-0.2, 0) is 0 Å². The molecule has 1 aliphatic heterocycles. The maximum atomic E-state index is 5.93. The van der Waals surface area contributed by atoms with Crippen LogP contribution in [0.3, 0.4) is 0 Å². The number of nitrogens with two attached hydrogens (primary N) is 1. The Labute approximate surface area is 75.4 Å². The standard InChI is InChI=1S/C10H20N2/c1-3-9(11)10(4-2)12-7-5-6-8-12/h3,10H,4-8,11H2,1-2H3/b9-3-/t10-/m0/s1. The van der Waals surface area contributed by atoms with Gasteiger partial charge in [-0.25, -0.2) is 0 Å². The molecule has 70 valence electrons. The van der Waals surface area contributed by atoms with Gasteiger partial charge in [0.15, 0.2) is 0 Å². The Morgan fingerprint density at radius 2 is 2.08 bits per heavy atom. The summed E-state index contributed by atoms with van der Waals surface area (Å²) in [6, 6.07) is 0.498. The topological polar surface area (TPSA) is 29.3 Å². The van der Waals surface area contributed by atoms with Crippen molar-refractivity contribution in [1.82, 2.24) is 4.90 Å². The van der Waals surface area contributed by atoms with Crippen molar-refractivity contribution in [2.24, 2.45) is 5.73 Å². The van der Waals surface area contributed by atoms with Crippen LogP contribution in [0.15, 0.2) is 11.8 Å². The lowest BCUT2D eigenvalue weighted by Crippen LogP contribution is -2.36. The van der Waals surface area contributed by atoms with E-state index in [2.05, 4.69) is 11.8 Å². The predicted molar refractivity (Wildman–Crippen MR) is 52.8 cm³/mol. The summed E-state index contributed by atoms with van der Waals surface area (Å²) in [4.78, 5) is 2.50. The lowest BCUT2D eigenvalue weighted by Gasteiger charge is -2.26. The lowest BCUT2D eigenvalue weighted by molar-refractivity contribution is 0.265. The zero-order valence-corrected chi connectivity index (χ0v) is 8.21. The Kier molecular flexibility index (Phi) is 3.60. The average Bonchev–Trinajstić information content (AvgIpc) is 2.58. The molecule has 1 saturated heterocycles. The minimum atomic E-state index is 0.498. The molecule has 1 atom stereocenters. The van der Waals surface area contributed by atoms with E-state index >= 15 is 0 Å². The molecule has 0 bridgehead atoms. The Morgan fingerprint density at radius 1 is 1.50 bits per heavy atom. The van der Waals surface area contributed by atoms with Crippen LogP contribution in [0.2, 0.25) is 0 Å². The van der Waals surface area contributed by atoms with Crippen molar-refractivity contribution in [3.8, 4) is 0 Å². The third-order valence-electron chi connectivity index (χ3n) is 2.69. The molecule has 12 heavy (non-hydrogen) atoms. The molecule has 1 aliphatic rings. The Bertz CT molecular complexity index is 157. The van der Waals surface area contributed by atoms with Gasteiger partial charge in [0.1, 0.15) is 0 Å². The number of hydrogen-bond acceptors (Lipinski definition) is 2. The molecule has 2 nitrogen and oxygen atoms in total. The highest BCUT2D eigenvalue weighted by Crippen LogP contribution is 2.17. The predicted octanol–water partition coefficient (Wildman–Crippen LogP) is 1.72. The summed E-state index contributed by atoms with van der Waals surface area (Å²) in [5.41, 5.74) is 6.97. The first-order valence-electron chi connectivity index (χ1n) is 4.95. The fourth-order valence-electron chi connectivity index (χ4n) is 1.95. The van der Waals surface area contributed by atoms with E-state index in [1.807, 2.05) is 13.0 Å². The van der Waals surface area contributed by atoms with E-state index in [-0.39, 0.29) is 0 Å². The fourth-order valence-corrected chi connectivity index (χ4v) is 1.95. The second-order valence-corrected chi connectivity index (χ2v) is 3.46. The Morgan fingerprint density at radius 3 is 2.50 bits per heavy atom. The van der Waals surface area contributed by atoms with Crippen molar-refractivity contribution in [1.29, 1.82) is 0 Å². The van der Waals surface area contributed by atoms with Crippen molar-refractivity contribution in [2.45, 2.75) is 39.2 Å². The molecule has 2 heteroatoms. The van der Waals surface area contributed by atoms with Gasteiger partial charge < -0.3 is 5.73 Å². The van der Waals surface area contributed by atoms with Gasteiger partial charge >= 0.3 is 0 Å². The van der Waals surface area contributed by atoms with E-state index < -0.39 is 0 Å². The molecule has 0 spiro atoms. The van der Waals surface area contributed by atoms with Crippen molar-refractivity contribution in [3.05, 3.63) is 11.8 Å². The molecule has 0 saturated carbocycles. The fraction of sp³-hybridized carbons (Fsp3) is 0.800. The molecular weight excluding hydrogens is 148 g/mol. The monoisotopic (exact) mass is 168 g/mol. The summed E-state index contributed by atoms with van der Waals surface area (Å²) >= 11 is 0. The first-order valence-corrected chi connectivity index (χ1v) is 4.95. The SMILES string of the molecule is C/C=C(\N)[C@H](CC)N1CCCC1. The van der Waals surface area contributed by atoms with E-state index in [4.69, 9.17) is 5.73 Å². The number of allylic oxidation sites excluding steroid dienone is 1. The van der Waals surface area contributed by atoms with Gasteiger partial charge in [0.2, 0.25) is 0 Å². The molecule has 0 aromatic heterocycles. The molecule has 0 radical (unpaired) electrons. The second kappa shape index (κ2) is 4.51. The van der Waals surface area contributed by atoms with Crippen LogP contribution in [-0.4, -0.2) is 24.0 Å². The smallest absolute Gasteiger partial charge is 0.0487 e. The Hall–Kier alpha value is -0.500. The summed E-state index contributed by atoms with van der Waals surface area (Å²) in [6.07, 6.45) is 5.85. The van der Waals surface area contributed by atoms with Gasteiger partial charge in [-0.15, -0.1) is 0 Å². The molecule has 0 unspecified atom stereocenters. The van der Waals surface area contributed by atoms with Gasteiger partial charge in [-0.05, 0) is 39.3 Å². The van der Waals surface area contributed by atoms with Crippen LogP contribution >= 0.6 is 0 Å². The van der Waals surface area contributed by atoms with E-state index in [0.29, 0.717) is 6.04 Å². The van der Waals surface area contributed by atoms with Crippen molar-refractivity contribution in [3.63, 3.8) is 0 Å². The summed E-state index contributed by atoms with van der Waals surface area (Å²) in [6.45, 7) is 6.69. The van der Waals surface area contributed by atoms with Crippen molar-refractivity contribution >= 4 is 0 Å². The minimum absolute atomic E-state index is 0.498. The van der Waals surface area contributed by atoms with Gasteiger partial charge in [-0.3, -0.25) is 4.90 Å². The van der Waals surface area contributed by atoms with Crippen LogP contribution in [0.25, 0.3) is 0 Å². The van der Waals surface area contributed by atoms with E-state index in [9.17, 15) is 0 Å². The largest absolute Gasteiger partial charge is 0.401 e. The van der Waals surface area contributed by atoms with Crippen molar-refractivity contribution < 1.29 is 0 Å². The summed E-state index contributed by atoms with van der Waals surface area (Å²) in [7, 11) is 0. The number of rotatable bonds is 3. The first kappa shape index (κ1) is 9.59. The van der Waals surface area contributed by atoms with Crippen LogP contribution in [0.5, 0.6) is 0 Å². The van der Waals surface area contributed by atoms with Crippen LogP contribution in [0.4, 0.5) is 0 Å². The van der Waals surface area contributed by atoms with Crippen LogP contribution in [0.1, 0.15) is 33.1 Å². The highest BCUT2D eigenvalue weighted by molar-refractivity contribution is 5.05. The molecular formula is C10H20N2. The third kappa shape index (κ3) is 2.01. The van der Waals surface area contributed by atoms with Crippen LogP contribution < -0.4 is 5.73 Å². The van der Waals surface area contributed by atoms with Gasteiger partial charge in [0.25, 0.3) is 0 Å². The highest BCUT2D eigenvalue weighted by Gasteiger charge is 2.21. The zero-order valence-electron chi connectivity index (χ0n) is 8.21. The van der Waals surface area contributed by atoms with E-state index in [1.54, 1.807) is 0 Å². The molecule has 1 fully saturated rings. The quantitative estimate of drug-likeness (QED) is 0.695. The molecule has 0 aliphatic carbocycles. The Balaban J connectivity index is 2.54. The third-order valence-corrected chi connectivity index (χ3v) is 2.69. The molecule has 2 N–H and O–H groups in total. The number of hydrogen-bond donors (Lipinski definition) is 1. The zero-order chi connectivity index (χ0) is 8.97. The average molecular weight is 168 g/mol. The van der Waals surface area contributed by atoms with Gasteiger partial charge in [0.05, 0.1) is 0 Å². The summed E-state index contributed by atoms with van der Waals surface area (Å²) in [5, 5.41) is 0. The van der Waals surface area contributed by atoms with Gasteiger partial charge in [-0.1, -0.05) is 13.0 Å². The number of likely N-dealkylation sites (tertiary alicyclic amines) is 1. The first-order chi connectivity index (χ1) is 5.79. The van der Waals surface area contributed by atoms with E-state index in [1.165, 1.54) is 25.9 Å². The molecule has 0 amide bonds. The lowest BCUT2D eigenvalue weighted by atomic mass is 10.1. The highest BCUT2D eigenvalue weighted by atomic mass is 15.2. The maximum absolute atomic E-state index is 5.93. The molecule has 1 rings (SSSR count). The normalized spacial score (nSPS) is 23.0. The molecule has 0 aromatic carbocycles. The van der Waals surface area contributed by atoms with Gasteiger partial charge in [0, 0.05) is 11.7 Å². The number of nitrogens with zero attached hydrogens (tertiary/aromatic N) is 1. The second-order valence-electron chi connectivity index (χ2n) is 3.46. The molecule has 1 heterocycles. The van der Waals surface area contributed by atoms with Gasteiger partial charge in [-0.2, -0.15) is 0 Å². The van der Waals surface area contributed by atoms with Crippen molar-refractivity contribution in [2.75, 3.05) is 13.1 Å². The maximum Gasteiger partial charge on any atom is 0.0487 e. The molecule has 0 aromatic rings. The van der Waals surface area contributed by atoms with Crippen LogP contribution in [0, 0.1) is 0 Å². The summed E-state index contributed by atoms with van der Waals surface area (Å²) < 4.78 is 0. The van der Waals surface area contributed by atoms with E-state index in [0.717, 1.165) is 12.1 Å².